The van der Waals surface area contributed by atoms with E-state index >= 15 is 0 Å². The zero-order valence-electron chi connectivity index (χ0n) is 7.84. The first kappa shape index (κ1) is 8.69. The van der Waals surface area contributed by atoms with Crippen LogP contribution in [0.2, 0.25) is 0 Å². The van der Waals surface area contributed by atoms with E-state index in [1.807, 2.05) is 36.4 Å². The summed E-state index contributed by atoms with van der Waals surface area (Å²) >= 11 is 0. The van der Waals surface area contributed by atoms with Gasteiger partial charge in [-0.2, -0.15) is 0 Å². The molecule has 0 atom stereocenters. The van der Waals surface area contributed by atoms with Crippen LogP contribution in [-0.2, 0) is 0 Å². The Morgan fingerprint density at radius 1 is 1.07 bits per heavy atom. The van der Waals surface area contributed by atoms with Crippen molar-refractivity contribution in [3.63, 3.8) is 0 Å². The molecular formula is C11H10N2O. The molecule has 0 spiro atoms. The molecule has 2 aromatic rings. The number of methoxy groups -OCH3 is 1. The van der Waals surface area contributed by atoms with Gasteiger partial charge in [0.1, 0.15) is 6.33 Å². The van der Waals surface area contributed by atoms with Crippen LogP contribution >= 0.6 is 0 Å². The summed E-state index contributed by atoms with van der Waals surface area (Å²) < 4.78 is 5.03. The van der Waals surface area contributed by atoms with Crippen molar-refractivity contribution in [2.75, 3.05) is 7.11 Å². The minimum absolute atomic E-state index is 0.582. The molecule has 0 aliphatic carbocycles. The Hall–Kier alpha value is -1.90. The average molecular weight is 186 g/mol. The third-order valence-corrected chi connectivity index (χ3v) is 1.92. The molecule has 70 valence electrons. The molecule has 14 heavy (non-hydrogen) atoms. The van der Waals surface area contributed by atoms with Crippen LogP contribution in [-0.4, -0.2) is 17.1 Å². The third kappa shape index (κ3) is 1.71. The van der Waals surface area contributed by atoms with Gasteiger partial charge in [0.25, 0.3) is 0 Å². The van der Waals surface area contributed by atoms with Crippen LogP contribution in [0.25, 0.3) is 11.3 Å². The smallest absolute Gasteiger partial charge is 0.216 e. The van der Waals surface area contributed by atoms with E-state index < -0.39 is 0 Å². The number of ether oxygens (including phenoxy) is 1. The number of hydrogen-bond donors (Lipinski definition) is 0. The highest BCUT2D eigenvalue weighted by molar-refractivity contribution is 5.59. The van der Waals surface area contributed by atoms with Crippen LogP contribution in [0.1, 0.15) is 0 Å². The van der Waals surface area contributed by atoms with Crippen molar-refractivity contribution in [1.29, 1.82) is 0 Å². The van der Waals surface area contributed by atoms with Crippen LogP contribution in [0.3, 0.4) is 0 Å². The summed E-state index contributed by atoms with van der Waals surface area (Å²) in [6.07, 6.45) is 1.50. The molecule has 1 aromatic heterocycles. The highest BCUT2D eigenvalue weighted by Gasteiger charge is 2.00. The minimum Gasteiger partial charge on any atom is -0.481 e. The van der Waals surface area contributed by atoms with Gasteiger partial charge in [0, 0.05) is 11.6 Å². The van der Waals surface area contributed by atoms with Crippen LogP contribution in [0.4, 0.5) is 0 Å². The first-order chi connectivity index (χ1) is 6.90. The Morgan fingerprint density at radius 3 is 2.57 bits per heavy atom. The molecule has 1 aromatic carbocycles. The maximum Gasteiger partial charge on any atom is 0.216 e. The van der Waals surface area contributed by atoms with Gasteiger partial charge in [-0.1, -0.05) is 30.3 Å². The molecule has 1 heterocycles. The number of rotatable bonds is 2. The number of aromatic nitrogens is 2. The fraction of sp³-hybridized carbons (Fsp3) is 0.0909. The van der Waals surface area contributed by atoms with Crippen molar-refractivity contribution < 1.29 is 4.74 Å². The minimum atomic E-state index is 0.582. The van der Waals surface area contributed by atoms with Crippen molar-refractivity contribution >= 4 is 0 Å². The standard InChI is InChI=1S/C11H10N2O/c1-14-11-7-10(12-8-13-11)9-5-3-2-4-6-9/h2-8H,1H3. The highest BCUT2D eigenvalue weighted by Crippen LogP contribution is 2.18. The predicted octanol–water partition coefficient (Wildman–Crippen LogP) is 2.15. The van der Waals surface area contributed by atoms with Gasteiger partial charge >= 0.3 is 0 Å². The van der Waals surface area contributed by atoms with E-state index in [-0.39, 0.29) is 0 Å². The maximum atomic E-state index is 5.03. The van der Waals surface area contributed by atoms with E-state index in [4.69, 9.17) is 4.74 Å². The van der Waals surface area contributed by atoms with Crippen molar-refractivity contribution in [2.24, 2.45) is 0 Å². The van der Waals surface area contributed by atoms with E-state index in [9.17, 15) is 0 Å². The molecule has 0 saturated carbocycles. The Kier molecular flexibility index (Phi) is 2.40. The largest absolute Gasteiger partial charge is 0.481 e. The molecule has 0 bridgehead atoms. The molecule has 0 radical (unpaired) electrons. The molecule has 0 aliphatic heterocycles. The van der Waals surface area contributed by atoms with Crippen LogP contribution < -0.4 is 4.74 Å². The number of nitrogens with zero attached hydrogens (tertiary/aromatic N) is 2. The summed E-state index contributed by atoms with van der Waals surface area (Å²) in [5.74, 6) is 0.582. The molecule has 3 heteroatoms. The summed E-state index contributed by atoms with van der Waals surface area (Å²) in [5.41, 5.74) is 1.94. The molecule has 0 unspecified atom stereocenters. The van der Waals surface area contributed by atoms with Gasteiger partial charge in [-0.05, 0) is 0 Å². The summed E-state index contributed by atoms with van der Waals surface area (Å²) in [7, 11) is 1.59. The lowest BCUT2D eigenvalue weighted by Gasteiger charge is -2.01. The molecule has 0 fully saturated rings. The second-order valence-corrected chi connectivity index (χ2v) is 2.81. The molecule has 0 N–H and O–H groups in total. The summed E-state index contributed by atoms with van der Waals surface area (Å²) in [4.78, 5) is 8.12. The maximum absolute atomic E-state index is 5.03. The summed E-state index contributed by atoms with van der Waals surface area (Å²) in [6.45, 7) is 0. The molecular weight excluding hydrogens is 176 g/mol. The topological polar surface area (TPSA) is 35.0 Å². The van der Waals surface area contributed by atoms with Crippen LogP contribution in [0, 0.1) is 0 Å². The second-order valence-electron chi connectivity index (χ2n) is 2.81. The normalized spacial score (nSPS) is 9.79. The van der Waals surface area contributed by atoms with E-state index in [1.165, 1.54) is 6.33 Å². The van der Waals surface area contributed by atoms with E-state index in [2.05, 4.69) is 9.97 Å². The van der Waals surface area contributed by atoms with Gasteiger partial charge in [0.15, 0.2) is 0 Å². The van der Waals surface area contributed by atoms with Crippen molar-refractivity contribution in [3.05, 3.63) is 42.7 Å². The second kappa shape index (κ2) is 3.87. The zero-order valence-corrected chi connectivity index (χ0v) is 7.84. The fourth-order valence-corrected chi connectivity index (χ4v) is 1.22. The van der Waals surface area contributed by atoms with Gasteiger partial charge in [-0.15, -0.1) is 0 Å². The van der Waals surface area contributed by atoms with E-state index in [0.29, 0.717) is 5.88 Å². The molecule has 3 nitrogen and oxygen atoms in total. The average Bonchev–Trinajstić information content (AvgIpc) is 2.30. The predicted molar refractivity (Wildman–Crippen MR) is 54.0 cm³/mol. The third-order valence-electron chi connectivity index (χ3n) is 1.92. The Morgan fingerprint density at radius 2 is 1.86 bits per heavy atom. The van der Waals surface area contributed by atoms with Gasteiger partial charge in [0.05, 0.1) is 12.8 Å². The quantitative estimate of drug-likeness (QED) is 0.720. The highest BCUT2D eigenvalue weighted by atomic mass is 16.5. The number of hydrogen-bond acceptors (Lipinski definition) is 3. The monoisotopic (exact) mass is 186 g/mol. The first-order valence-corrected chi connectivity index (χ1v) is 4.31. The Balaban J connectivity index is 2.42. The molecule has 0 aliphatic rings. The first-order valence-electron chi connectivity index (χ1n) is 4.31. The lowest BCUT2D eigenvalue weighted by Crippen LogP contribution is -1.90. The SMILES string of the molecule is COc1cc(-c2ccccc2)ncn1. The lowest BCUT2D eigenvalue weighted by atomic mass is 10.1. The fourth-order valence-electron chi connectivity index (χ4n) is 1.22. The zero-order chi connectivity index (χ0) is 9.80. The Labute approximate surface area is 82.4 Å². The van der Waals surface area contributed by atoms with Crippen molar-refractivity contribution in [1.82, 2.24) is 9.97 Å². The molecule has 0 saturated heterocycles. The lowest BCUT2D eigenvalue weighted by molar-refractivity contribution is 0.397. The number of benzene rings is 1. The van der Waals surface area contributed by atoms with Crippen molar-refractivity contribution in [3.8, 4) is 17.1 Å². The summed E-state index contributed by atoms with van der Waals surface area (Å²) in [5, 5.41) is 0. The van der Waals surface area contributed by atoms with Gasteiger partial charge in [0.2, 0.25) is 5.88 Å². The van der Waals surface area contributed by atoms with Crippen LogP contribution in [0.5, 0.6) is 5.88 Å². The summed E-state index contributed by atoms with van der Waals surface area (Å²) in [6, 6.07) is 11.7. The van der Waals surface area contributed by atoms with Crippen molar-refractivity contribution in [2.45, 2.75) is 0 Å². The van der Waals surface area contributed by atoms with Gasteiger partial charge in [-0.3, -0.25) is 0 Å². The molecule has 0 amide bonds. The Bertz CT molecular complexity index is 415. The van der Waals surface area contributed by atoms with Crippen LogP contribution in [0.15, 0.2) is 42.7 Å². The molecule has 2 rings (SSSR count). The van der Waals surface area contributed by atoms with Gasteiger partial charge < -0.3 is 4.74 Å². The van der Waals surface area contributed by atoms with E-state index in [0.717, 1.165) is 11.3 Å². The van der Waals surface area contributed by atoms with Gasteiger partial charge in [-0.25, -0.2) is 9.97 Å². The van der Waals surface area contributed by atoms with E-state index in [1.54, 1.807) is 7.11 Å².